The highest BCUT2D eigenvalue weighted by atomic mass is 32.2. The molecule has 84 valence electrons. The van der Waals surface area contributed by atoms with Gasteiger partial charge in [-0.05, 0) is 19.1 Å². The van der Waals surface area contributed by atoms with Crippen molar-refractivity contribution in [1.29, 1.82) is 0 Å². The van der Waals surface area contributed by atoms with E-state index in [0.29, 0.717) is 17.8 Å². The SMILES string of the molecule is CSC1(CN2CC(=O)NC(=O)C2)CCC1. The van der Waals surface area contributed by atoms with Crippen LogP contribution in [0.1, 0.15) is 19.3 Å². The molecule has 0 aromatic carbocycles. The van der Waals surface area contributed by atoms with Gasteiger partial charge in [-0.3, -0.25) is 19.8 Å². The molecular weight excluding hydrogens is 212 g/mol. The van der Waals surface area contributed by atoms with Crippen LogP contribution in [0.3, 0.4) is 0 Å². The predicted octanol–water partition coefficient (Wildman–Crippen LogP) is 0.230. The Kier molecular flexibility index (Phi) is 3.02. The van der Waals surface area contributed by atoms with Crippen molar-refractivity contribution in [3.63, 3.8) is 0 Å². The Balaban J connectivity index is 1.93. The van der Waals surface area contributed by atoms with E-state index in [2.05, 4.69) is 11.6 Å². The van der Waals surface area contributed by atoms with Crippen molar-refractivity contribution in [2.24, 2.45) is 0 Å². The van der Waals surface area contributed by atoms with Gasteiger partial charge in [-0.1, -0.05) is 6.42 Å². The highest BCUT2D eigenvalue weighted by molar-refractivity contribution is 8.00. The molecule has 0 spiro atoms. The number of nitrogens with zero attached hydrogens (tertiary/aromatic N) is 1. The lowest BCUT2D eigenvalue weighted by atomic mass is 9.83. The first-order valence-corrected chi connectivity index (χ1v) is 6.46. The summed E-state index contributed by atoms with van der Waals surface area (Å²) in [4.78, 5) is 24.3. The van der Waals surface area contributed by atoms with Crippen molar-refractivity contribution in [3.8, 4) is 0 Å². The lowest BCUT2D eigenvalue weighted by Gasteiger charge is -2.44. The Morgan fingerprint density at radius 3 is 2.33 bits per heavy atom. The molecule has 0 aromatic rings. The number of hydrogen-bond acceptors (Lipinski definition) is 4. The minimum atomic E-state index is -0.165. The molecule has 0 aromatic heterocycles. The summed E-state index contributed by atoms with van der Waals surface area (Å²) in [6.45, 7) is 1.61. The summed E-state index contributed by atoms with van der Waals surface area (Å²) >= 11 is 1.87. The first kappa shape index (κ1) is 11.0. The fourth-order valence-electron chi connectivity index (χ4n) is 2.21. The number of carbonyl (C=O) groups is 2. The van der Waals surface area contributed by atoms with Gasteiger partial charge in [0.15, 0.2) is 0 Å². The van der Waals surface area contributed by atoms with Gasteiger partial charge in [0, 0.05) is 11.3 Å². The normalized spacial score (nSPS) is 25.9. The van der Waals surface area contributed by atoms with Crippen molar-refractivity contribution in [3.05, 3.63) is 0 Å². The van der Waals surface area contributed by atoms with E-state index < -0.39 is 0 Å². The molecule has 1 aliphatic heterocycles. The summed E-state index contributed by atoms with van der Waals surface area (Å²) in [7, 11) is 0. The monoisotopic (exact) mass is 228 g/mol. The van der Waals surface area contributed by atoms with Gasteiger partial charge in [0.2, 0.25) is 11.8 Å². The maximum Gasteiger partial charge on any atom is 0.240 e. The van der Waals surface area contributed by atoms with E-state index in [1.165, 1.54) is 19.3 Å². The molecule has 2 rings (SSSR count). The molecule has 2 amide bonds. The molecule has 2 fully saturated rings. The average Bonchev–Trinajstić information content (AvgIpc) is 2.10. The van der Waals surface area contributed by atoms with E-state index in [0.717, 1.165) is 6.54 Å². The van der Waals surface area contributed by atoms with Crippen molar-refractivity contribution in [1.82, 2.24) is 10.2 Å². The fourth-order valence-corrected chi connectivity index (χ4v) is 3.22. The molecule has 5 heteroatoms. The van der Waals surface area contributed by atoms with Gasteiger partial charge in [0.25, 0.3) is 0 Å². The Morgan fingerprint density at radius 2 is 1.93 bits per heavy atom. The van der Waals surface area contributed by atoms with Gasteiger partial charge >= 0.3 is 0 Å². The Morgan fingerprint density at radius 1 is 1.33 bits per heavy atom. The van der Waals surface area contributed by atoms with Crippen molar-refractivity contribution in [2.75, 3.05) is 25.9 Å². The van der Waals surface area contributed by atoms with Crippen LogP contribution >= 0.6 is 11.8 Å². The van der Waals surface area contributed by atoms with Gasteiger partial charge in [-0.2, -0.15) is 11.8 Å². The van der Waals surface area contributed by atoms with Crippen LogP contribution < -0.4 is 5.32 Å². The molecule has 0 unspecified atom stereocenters. The van der Waals surface area contributed by atoms with Crippen LogP contribution in [0.2, 0.25) is 0 Å². The maximum absolute atomic E-state index is 11.2. The standard InChI is InChI=1S/C10H16N2O2S/c1-15-10(3-2-4-10)7-12-5-8(13)11-9(14)6-12/h2-7H2,1H3,(H,11,13,14). The molecule has 1 N–H and O–H groups in total. The second-order valence-electron chi connectivity index (χ2n) is 4.36. The van der Waals surface area contributed by atoms with E-state index in [1.54, 1.807) is 0 Å². The molecule has 1 heterocycles. The zero-order valence-corrected chi connectivity index (χ0v) is 9.73. The predicted molar refractivity (Wildman–Crippen MR) is 59.7 cm³/mol. The largest absolute Gasteiger partial charge is 0.294 e. The number of rotatable bonds is 3. The van der Waals surface area contributed by atoms with Crippen LogP contribution in [0.4, 0.5) is 0 Å². The van der Waals surface area contributed by atoms with Gasteiger partial charge in [0.05, 0.1) is 13.1 Å². The summed E-state index contributed by atoms with van der Waals surface area (Å²) < 4.78 is 0.303. The summed E-state index contributed by atoms with van der Waals surface area (Å²) in [6, 6.07) is 0. The zero-order chi connectivity index (χ0) is 10.9. The van der Waals surface area contributed by atoms with Gasteiger partial charge < -0.3 is 0 Å². The molecule has 0 radical (unpaired) electrons. The summed E-state index contributed by atoms with van der Waals surface area (Å²) in [6.07, 6.45) is 5.81. The van der Waals surface area contributed by atoms with E-state index in [1.807, 2.05) is 16.7 Å². The summed E-state index contributed by atoms with van der Waals surface area (Å²) in [5.74, 6) is -0.330. The minimum absolute atomic E-state index is 0.165. The maximum atomic E-state index is 11.2. The van der Waals surface area contributed by atoms with Crippen LogP contribution in [-0.4, -0.2) is 47.4 Å². The number of hydrogen-bond donors (Lipinski definition) is 1. The highest BCUT2D eigenvalue weighted by Crippen LogP contribution is 2.43. The quantitative estimate of drug-likeness (QED) is 0.703. The van der Waals surface area contributed by atoms with E-state index >= 15 is 0 Å². The molecule has 0 bridgehead atoms. The third-order valence-electron chi connectivity index (χ3n) is 3.22. The Labute approximate surface area is 93.8 Å². The lowest BCUT2D eigenvalue weighted by molar-refractivity contribution is -0.136. The van der Waals surface area contributed by atoms with Crippen molar-refractivity contribution in [2.45, 2.75) is 24.0 Å². The van der Waals surface area contributed by atoms with Crippen LogP contribution in [0.15, 0.2) is 0 Å². The molecule has 0 atom stereocenters. The molecule has 2 aliphatic rings. The van der Waals surface area contributed by atoms with Crippen molar-refractivity contribution >= 4 is 23.6 Å². The lowest BCUT2D eigenvalue weighted by Crippen LogP contribution is -2.56. The Hall–Kier alpha value is -0.550. The van der Waals surface area contributed by atoms with Crippen LogP contribution in [0.5, 0.6) is 0 Å². The fraction of sp³-hybridized carbons (Fsp3) is 0.800. The van der Waals surface area contributed by atoms with Gasteiger partial charge in [-0.15, -0.1) is 0 Å². The number of carbonyl (C=O) groups excluding carboxylic acids is 2. The molecule has 4 nitrogen and oxygen atoms in total. The first-order valence-electron chi connectivity index (χ1n) is 5.24. The number of piperazine rings is 1. The summed E-state index contributed by atoms with van der Waals surface area (Å²) in [5, 5.41) is 2.32. The van der Waals surface area contributed by atoms with Crippen LogP contribution in [0, 0.1) is 0 Å². The van der Waals surface area contributed by atoms with Gasteiger partial charge in [-0.25, -0.2) is 0 Å². The molecule has 15 heavy (non-hydrogen) atoms. The third-order valence-corrected chi connectivity index (χ3v) is 4.63. The first-order chi connectivity index (χ1) is 7.13. The summed E-state index contributed by atoms with van der Waals surface area (Å²) in [5.41, 5.74) is 0. The smallest absolute Gasteiger partial charge is 0.240 e. The number of thioether (sulfide) groups is 1. The van der Waals surface area contributed by atoms with E-state index in [9.17, 15) is 9.59 Å². The molecule has 1 saturated heterocycles. The van der Waals surface area contributed by atoms with E-state index in [-0.39, 0.29) is 11.8 Å². The van der Waals surface area contributed by atoms with Crippen molar-refractivity contribution < 1.29 is 9.59 Å². The van der Waals surface area contributed by atoms with Crippen LogP contribution in [-0.2, 0) is 9.59 Å². The number of imide groups is 1. The Bertz CT molecular complexity index is 268. The van der Waals surface area contributed by atoms with Gasteiger partial charge in [0.1, 0.15) is 0 Å². The topological polar surface area (TPSA) is 49.4 Å². The average molecular weight is 228 g/mol. The molecule has 1 aliphatic carbocycles. The van der Waals surface area contributed by atoms with E-state index in [4.69, 9.17) is 0 Å². The van der Waals surface area contributed by atoms with Crippen LogP contribution in [0.25, 0.3) is 0 Å². The highest BCUT2D eigenvalue weighted by Gasteiger charge is 2.39. The number of nitrogens with one attached hydrogen (secondary N) is 1. The second-order valence-corrected chi connectivity index (χ2v) is 5.63. The zero-order valence-electron chi connectivity index (χ0n) is 8.91. The second kappa shape index (κ2) is 4.14. The third kappa shape index (κ3) is 2.34. The molecular formula is C10H16N2O2S. The minimum Gasteiger partial charge on any atom is -0.294 e. The number of amides is 2. The molecule has 1 saturated carbocycles.